The lowest BCUT2D eigenvalue weighted by Gasteiger charge is -2.24. The minimum absolute atomic E-state index is 0.0791. The Kier molecular flexibility index (Phi) is 3.82. The van der Waals surface area contributed by atoms with Gasteiger partial charge in [0.2, 0.25) is 0 Å². The van der Waals surface area contributed by atoms with Crippen molar-refractivity contribution >= 4 is 11.6 Å². The molecular weight excluding hydrogens is 262 g/mol. The number of imidazole rings is 1. The molecule has 0 saturated carbocycles. The minimum atomic E-state index is 0.0791. The monoisotopic (exact) mass is 277 g/mol. The van der Waals surface area contributed by atoms with E-state index in [1.807, 2.05) is 30.7 Å². The number of morpholine rings is 1. The van der Waals surface area contributed by atoms with Gasteiger partial charge in [0.15, 0.2) is 0 Å². The van der Waals surface area contributed by atoms with E-state index in [9.17, 15) is 0 Å². The molecule has 1 aliphatic heterocycles. The van der Waals surface area contributed by atoms with Crippen LogP contribution in [0, 0.1) is 0 Å². The minimum Gasteiger partial charge on any atom is -0.369 e. The van der Waals surface area contributed by atoms with Crippen molar-refractivity contribution in [2.75, 3.05) is 19.7 Å². The Hall–Kier alpha value is -1.36. The molecule has 0 aliphatic carbocycles. The fraction of sp³-hybridized carbons (Fsp3) is 0.357. The molecule has 19 heavy (non-hydrogen) atoms. The molecule has 0 radical (unpaired) electrons. The van der Waals surface area contributed by atoms with Gasteiger partial charge in [-0.25, -0.2) is 4.98 Å². The molecule has 1 atom stereocenters. The maximum atomic E-state index is 6.01. The van der Waals surface area contributed by atoms with Crippen LogP contribution in [-0.4, -0.2) is 29.2 Å². The van der Waals surface area contributed by atoms with Gasteiger partial charge in [-0.15, -0.1) is 0 Å². The molecular formula is C14H16ClN3O. The van der Waals surface area contributed by atoms with Crippen LogP contribution in [0.15, 0.2) is 36.8 Å². The molecule has 3 rings (SSSR count). The van der Waals surface area contributed by atoms with Crippen LogP contribution in [0.3, 0.4) is 0 Å². The van der Waals surface area contributed by atoms with Gasteiger partial charge in [-0.2, -0.15) is 0 Å². The van der Waals surface area contributed by atoms with Crippen LogP contribution in [0.4, 0.5) is 0 Å². The highest BCUT2D eigenvalue weighted by atomic mass is 35.5. The average molecular weight is 278 g/mol. The van der Waals surface area contributed by atoms with Gasteiger partial charge in [0, 0.05) is 24.7 Å². The molecule has 0 bridgehead atoms. The van der Waals surface area contributed by atoms with Crippen LogP contribution in [0.2, 0.25) is 5.02 Å². The van der Waals surface area contributed by atoms with E-state index < -0.39 is 0 Å². The van der Waals surface area contributed by atoms with Crippen molar-refractivity contribution in [2.45, 2.75) is 12.6 Å². The second-order valence-corrected chi connectivity index (χ2v) is 5.08. The van der Waals surface area contributed by atoms with Crippen molar-refractivity contribution in [3.63, 3.8) is 0 Å². The van der Waals surface area contributed by atoms with Crippen molar-refractivity contribution < 1.29 is 4.74 Å². The Labute approximate surface area is 117 Å². The Morgan fingerprint density at radius 1 is 1.47 bits per heavy atom. The zero-order chi connectivity index (χ0) is 13.1. The first-order valence-corrected chi connectivity index (χ1v) is 6.77. The van der Waals surface area contributed by atoms with Crippen LogP contribution >= 0.6 is 11.6 Å². The van der Waals surface area contributed by atoms with E-state index >= 15 is 0 Å². The normalized spacial score (nSPS) is 19.5. The van der Waals surface area contributed by atoms with E-state index in [0.29, 0.717) is 0 Å². The lowest BCUT2D eigenvalue weighted by molar-refractivity contribution is 0.0230. The molecule has 1 unspecified atom stereocenters. The summed E-state index contributed by atoms with van der Waals surface area (Å²) in [5, 5.41) is 4.10. The summed E-state index contributed by atoms with van der Waals surface area (Å²) in [6.45, 7) is 3.25. The number of hydrogen-bond acceptors (Lipinski definition) is 3. The van der Waals surface area contributed by atoms with Crippen LogP contribution < -0.4 is 5.32 Å². The van der Waals surface area contributed by atoms with Gasteiger partial charge in [-0.05, 0) is 17.7 Å². The fourth-order valence-corrected chi connectivity index (χ4v) is 2.53. The predicted molar refractivity (Wildman–Crippen MR) is 74.3 cm³/mol. The van der Waals surface area contributed by atoms with Gasteiger partial charge in [0.05, 0.1) is 24.8 Å². The second kappa shape index (κ2) is 5.74. The maximum Gasteiger partial charge on any atom is 0.111 e. The van der Waals surface area contributed by atoms with Gasteiger partial charge < -0.3 is 14.6 Å². The Balaban J connectivity index is 1.80. The first kappa shape index (κ1) is 12.7. The number of hydrogen-bond donors (Lipinski definition) is 1. The smallest absolute Gasteiger partial charge is 0.111 e. The maximum absolute atomic E-state index is 6.01. The largest absolute Gasteiger partial charge is 0.369 e. The number of nitrogens with zero attached hydrogens (tertiary/aromatic N) is 2. The first-order chi connectivity index (χ1) is 9.33. The van der Waals surface area contributed by atoms with Crippen LogP contribution in [-0.2, 0) is 11.3 Å². The zero-order valence-corrected chi connectivity index (χ0v) is 11.3. The molecule has 0 amide bonds. The molecule has 100 valence electrons. The SMILES string of the molecule is Clc1cccc(Cn2cncc2C2CNCCO2)c1. The molecule has 1 aromatic carbocycles. The number of aromatic nitrogens is 2. The van der Waals surface area contributed by atoms with Crippen LogP contribution in [0.5, 0.6) is 0 Å². The standard InChI is InChI=1S/C14H16ClN3O/c15-12-3-1-2-11(6-12)9-18-10-17-7-13(18)14-8-16-4-5-19-14/h1-3,6-7,10,14,16H,4-5,8-9H2. The number of nitrogens with one attached hydrogen (secondary N) is 1. The highest BCUT2D eigenvalue weighted by molar-refractivity contribution is 6.30. The van der Waals surface area contributed by atoms with E-state index in [1.165, 1.54) is 0 Å². The third-order valence-corrected chi connectivity index (χ3v) is 3.48. The quantitative estimate of drug-likeness (QED) is 0.935. The van der Waals surface area contributed by atoms with Crippen molar-refractivity contribution in [3.05, 3.63) is 53.1 Å². The summed E-state index contributed by atoms with van der Waals surface area (Å²) in [7, 11) is 0. The molecule has 4 nitrogen and oxygen atoms in total. The fourth-order valence-electron chi connectivity index (χ4n) is 2.32. The number of halogens is 1. The Morgan fingerprint density at radius 2 is 2.42 bits per heavy atom. The topological polar surface area (TPSA) is 39.1 Å². The van der Waals surface area contributed by atoms with E-state index in [0.717, 1.165) is 42.5 Å². The molecule has 1 aliphatic rings. The number of ether oxygens (including phenoxy) is 1. The molecule has 0 spiro atoms. The van der Waals surface area contributed by atoms with Gasteiger partial charge >= 0.3 is 0 Å². The van der Waals surface area contributed by atoms with Gasteiger partial charge in [-0.1, -0.05) is 23.7 Å². The molecule has 1 N–H and O–H groups in total. The average Bonchev–Trinajstić information content (AvgIpc) is 2.88. The molecule has 1 fully saturated rings. The summed E-state index contributed by atoms with van der Waals surface area (Å²) in [5.74, 6) is 0. The van der Waals surface area contributed by atoms with Crippen molar-refractivity contribution in [1.29, 1.82) is 0 Å². The van der Waals surface area contributed by atoms with E-state index in [-0.39, 0.29) is 6.10 Å². The van der Waals surface area contributed by atoms with Crippen LogP contribution in [0.25, 0.3) is 0 Å². The van der Waals surface area contributed by atoms with Crippen molar-refractivity contribution in [3.8, 4) is 0 Å². The Morgan fingerprint density at radius 3 is 3.21 bits per heavy atom. The molecule has 5 heteroatoms. The zero-order valence-electron chi connectivity index (χ0n) is 10.6. The molecule has 2 heterocycles. The Bertz CT molecular complexity index is 549. The van der Waals surface area contributed by atoms with E-state index in [1.54, 1.807) is 0 Å². The molecule has 1 saturated heterocycles. The second-order valence-electron chi connectivity index (χ2n) is 4.64. The van der Waals surface area contributed by atoms with Gasteiger partial charge in [0.1, 0.15) is 6.10 Å². The first-order valence-electron chi connectivity index (χ1n) is 6.40. The number of benzene rings is 1. The summed E-state index contributed by atoms with van der Waals surface area (Å²) in [4.78, 5) is 4.24. The summed E-state index contributed by atoms with van der Waals surface area (Å²) >= 11 is 6.01. The third kappa shape index (κ3) is 2.97. The lowest BCUT2D eigenvalue weighted by atomic mass is 10.2. The van der Waals surface area contributed by atoms with Crippen molar-refractivity contribution in [2.24, 2.45) is 0 Å². The lowest BCUT2D eigenvalue weighted by Crippen LogP contribution is -2.34. The van der Waals surface area contributed by atoms with Crippen molar-refractivity contribution in [1.82, 2.24) is 14.9 Å². The number of rotatable bonds is 3. The molecule has 1 aromatic heterocycles. The third-order valence-electron chi connectivity index (χ3n) is 3.24. The molecule has 2 aromatic rings. The summed E-state index contributed by atoms with van der Waals surface area (Å²) in [5.41, 5.74) is 2.27. The highest BCUT2D eigenvalue weighted by Crippen LogP contribution is 2.20. The van der Waals surface area contributed by atoms with E-state index in [2.05, 4.69) is 20.9 Å². The summed E-state index contributed by atoms with van der Waals surface area (Å²) in [6, 6.07) is 7.89. The summed E-state index contributed by atoms with van der Waals surface area (Å²) in [6.07, 6.45) is 3.80. The van der Waals surface area contributed by atoms with E-state index in [4.69, 9.17) is 16.3 Å². The van der Waals surface area contributed by atoms with Gasteiger partial charge in [0.25, 0.3) is 0 Å². The van der Waals surface area contributed by atoms with Crippen LogP contribution in [0.1, 0.15) is 17.4 Å². The van der Waals surface area contributed by atoms with Gasteiger partial charge in [-0.3, -0.25) is 0 Å². The summed E-state index contributed by atoms with van der Waals surface area (Å²) < 4.78 is 7.89. The predicted octanol–water partition coefficient (Wildman–Crippen LogP) is 2.25. The highest BCUT2D eigenvalue weighted by Gasteiger charge is 2.19.